The summed E-state index contributed by atoms with van der Waals surface area (Å²) < 4.78 is 0. The molecular formula is C22H30N4O. The number of piperazine rings is 1. The van der Waals surface area contributed by atoms with Crippen LogP contribution in [0.25, 0.3) is 11.4 Å². The first-order valence-electron chi connectivity index (χ1n) is 10.0. The van der Waals surface area contributed by atoms with E-state index in [4.69, 9.17) is 9.97 Å². The second-order valence-electron chi connectivity index (χ2n) is 7.28. The number of anilines is 1. The van der Waals surface area contributed by atoms with Gasteiger partial charge in [-0.15, -0.1) is 0 Å². The molecule has 0 spiro atoms. The zero-order valence-corrected chi connectivity index (χ0v) is 17.0. The maximum Gasteiger partial charge on any atom is 0.222 e. The van der Waals surface area contributed by atoms with Crippen molar-refractivity contribution in [3.63, 3.8) is 0 Å². The first-order chi connectivity index (χ1) is 13.0. The highest BCUT2D eigenvalue weighted by molar-refractivity contribution is 5.76. The lowest BCUT2D eigenvalue weighted by atomic mass is 10.1. The maximum absolute atomic E-state index is 12.2. The topological polar surface area (TPSA) is 49.3 Å². The first kappa shape index (κ1) is 19.3. The third-order valence-corrected chi connectivity index (χ3v) is 5.22. The van der Waals surface area contributed by atoms with Crippen molar-refractivity contribution in [2.24, 2.45) is 0 Å². The lowest BCUT2D eigenvalue weighted by Crippen LogP contribution is -2.49. The molecule has 2 heterocycles. The minimum absolute atomic E-state index is 0.271. The largest absolute Gasteiger partial charge is 0.353 e. The minimum Gasteiger partial charge on any atom is -0.353 e. The quantitative estimate of drug-likeness (QED) is 0.808. The van der Waals surface area contributed by atoms with Crippen LogP contribution >= 0.6 is 0 Å². The molecule has 5 heteroatoms. The monoisotopic (exact) mass is 366 g/mol. The molecule has 0 saturated carbocycles. The zero-order valence-electron chi connectivity index (χ0n) is 17.0. The third kappa shape index (κ3) is 4.29. The number of hydrogen-bond acceptors (Lipinski definition) is 4. The van der Waals surface area contributed by atoms with Gasteiger partial charge in [0.25, 0.3) is 0 Å². The average molecular weight is 367 g/mol. The van der Waals surface area contributed by atoms with Crippen LogP contribution in [0.5, 0.6) is 0 Å². The van der Waals surface area contributed by atoms with Crippen LogP contribution in [-0.2, 0) is 11.2 Å². The van der Waals surface area contributed by atoms with Crippen LogP contribution in [0.1, 0.15) is 43.5 Å². The van der Waals surface area contributed by atoms with Crippen molar-refractivity contribution in [1.82, 2.24) is 14.9 Å². The normalized spacial score (nSPS) is 14.5. The van der Waals surface area contributed by atoms with Gasteiger partial charge in [0.2, 0.25) is 5.91 Å². The van der Waals surface area contributed by atoms with Crippen LogP contribution in [0.2, 0.25) is 0 Å². The van der Waals surface area contributed by atoms with Crippen LogP contribution in [0.4, 0.5) is 5.82 Å². The molecule has 0 atom stereocenters. The second kappa shape index (κ2) is 8.51. The Hall–Kier alpha value is -2.43. The molecule has 3 rings (SSSR count). The molecule has 0 aliphatic carbocycles. The molecule has 1 fully saturated rings. The summed E-state index contributed by atoms with van der Waals surface area (Å²) in [4.78, 5) is 26.2. The summed E-state index contributed by atoms with van der Waals surface area (Å²) in [5.74, 6) is 2.09. The highest BCUT2D eigenvalue weighted by Gasteiger charge is 2.24. The number of rotatable bonds is 5. The summed E-state index contributed by atoms with van der Waals surface area (Å²) in [6.45, 7) is 11.6. The van der Waals surface area contributed by atoms with Crippen LogP contribution in [0, 0.1) is 13.8 Å². The molecule has 0 bridgehead atoms. The summed E-state index contributed by atoms with van der Waals surface area (Å²) in [6.07, 6.45) is 2.46. The van der Waals surface area contributed by atoms with E-state index in [9.17, 15) is 4.79 Å². The van der Waals surface area contributed by atoms with Gasteiger partial charge in [0.15, 0.2) is 5.82 Å². The van der Waals surface area contributed by atoms with Crippen molar-refractivity contribution in [3.8, 4) is 11.4 Å². The van der Waals surface area contributed by atoms with Crippen molar-refractivity contribution in [1.29, 1.82) is 0 Å². The smallest absolute Gasteiger partial charge is 0.222 e. The van der Waals surface area contributed by atoms with Gasteiger partial charge in [-0.3, -0.25) is 4.79 Å². The molecule has 0 radical (unpaired) electrons. The maximum atomic E-state index is 12.2. The predicted molar refractivity (Wildman–Crippen MR) is 110 cm³/mol. The Bertz CT molecular complexity index is 810. The van der Waals surface area contributed by atoms with Gasteiger partial charge >= 0.3 is 0 Å². The Morgan fingerprint density at radius 2 is 1.81 bits per heavy atom. The summed E-state index contributed by atoms with van der Waals surface area (Å²) in [7, 11) is 0. The van der Waals surface area contributed by atoms with Gasteiger partial charge in [-0.1, -0.05) is 37.6 Å². The fraction of sp³-hybridized carbons (Fsp3) is 0.500. The van der Waals surface area contributed by atoms with E-state index in [-0.39, 0.29) is 5.91 Å². The fourth-order valence-corrected chi connectivity index (χ4v) is 3.71. The zero-order chi connectivity index (χ0) is 19.4. The van der Waals surface area contributed by atoms with Gasteiger partial charge in [0.1, 0.15) is 5.82 Å². The molecule has 1 aliphatic rings. The number of aryl methyl sites for hydroxylation is 2. The molecule has 1 aromatic heterocycles. The summed E-state index contributed by atoms with van der Waals surface area (Å²) in [5, 5.41) is 0. The van der Waals surface area contributed by atoms with Crippen molar-refractivity contribution in [3.05, 3.63) is 41.1 Å². The first-order valence-corrected chi connectivity index (χ1v) is 10.0. The van der Waals surface area contributed by atoms with E-state index < -0.39 is 0 Å². The van der Waals surface area contributed by atoms with E-state index in [1.54, 1.807) is 0 Å². The number of nitrogens with zero attached hydrogens (tertiary/aromatic N) is 4. The van der Waals surface area contributed by atoms with Crippen molar-refractivity contribution < 1.29 is 4.79 Å². The molecule has 0 N–H and O–H groups in total. The molecule has 1 amide bonds. The molecule has 0 unspecified atom stereocenters. The highest BCUT2D eigenvalue weighted by Crippen LogP contribution is 2.27. The molecule has 1 aromatic carbocycles. The Balaban J connectivity index is 1.87. The number of amides is 1. The highest BCUT2D eigenvalue weighted by atomic mass is 16.2. The lowest BCUT2D eigenvalue weighted by Gasteiger charge is -2.36. The lowest BCUT2D eigenvalue weighted by molar-refractivity contribution is -0.131. The fourth-order valence-electron chi connectivity index (χ4n) is 3.71. The number of aromatic nitrogens is 2. The van der Waals surface area contributed by atoms with Crippen LogP contribution in [-0.4, -0.2) is 47.0 Å². The van der Waals surface area contributed by atoms with Crippen molar-refractivity contribution >= 4 is 11.7 Å². The van der Waals surface area contributed by atoms with E-state index in [1.165, 1.54) is 11.1 Å². The minimum atomic E-state index is 0.271. The van der Waals surface area contributed by atoms with E-state index in [1.807, 2.05) is 4.90 Å². The van der Waals surface area contributed by atoms with Gasteiger partial charge in [-0.05, 0) is 32.8 Å². The number of hydrogen-bond donors (Lipinski definition) is 0. The number of carbonyl (C=O) groups excluding carboxylic acids is 1. The summed E-state index contributed by atoms with van der Waals surface area (Å²) >= 11 is 0. The molecule has 27 heavy (non-hydrogen) atoms. The van der Waals surface area contributed by atoms with Gasteiger partial charge in [-0.2, -0.15) is 0 Å². The van der Waals surface area contributed by atoms with Crippen LogP contribution in [0.3, 0.4) is 0 Å². The van der Waals surface area contributed by atoms with Crippen molar-refractivity contribution in [2.75, 3.05) is 31.1 Å². The Kier molecular flexibility index (Phi) is 6.09. The van der Waals surface area contributed by atoms with E-state index in [0.717, 1.165) is 61.9 Å². The molecule has 144 valence electrons. The molecule has 1 saturated heterocycles. The van der Waals surface area contributed by atoms with Gasteiger partial charge in [0, 0.05) is 49.4 Å². The third-order valence-electron chi connectivity index (χ3n) is 5.22. The molecule has 2 aromatic rings. The van der Waals surface area contributed by atoms with E-state index in [2.05, 4.69) is 56.9 Å². The number of benzene rings is 1. The van der Waals surface area contributed by atoms with Gasteiger partial charge in [0.05, 0.1) is 0 Å². The Morgan fingerprint density at radius 1 is 1.07 bits per heavy atom. The van der Waals surface area contributed by atoms with Crippen molar-refractivity contribution in [2.45, 2.75) is 47.0 Å². The SMILES string of the molecule is CCCC(=O)N1CCN(c2nc(-c3cccc(C)c3)nc(C)c2CC)CC1. The van der Waals surface area contributed by atoms with Gasteiger partial charge < -0.3 is 9.80 Å². The standard InChI is InChI=1S/C22H30N4O/c1-5-8-20(27)25-11-13-26(14-12-25)22-19(6-2)17(4)23-21(24-22)18-10-7-9-16(3)15-18/h7,9-10,15H,5-6,8,11-14H2,1-4H3. The van der Waals surface area contributed by atoms with Gasteiger partial charge in [-0.25, -0.2) is 9.97 Å². The molecule has 5 nitrogen and oxygen atoms in total. The summed E-state index contributed by atoms with van der Waals surface area (Å²) in [5.41, 5.74) is 4.51. The van der Waals surface area contributed by atoms with E-state index >= 15 is 0 Å². The van der Waals surface area contributed by atoms with Crippen LogP contribution in [0.15, 0.2) is 24.3 Å². The number of carbonyl (C=O) groups is 1. The summed E-state index contributed by atoms with van der Waals surface area (Å²) in [6, 6.07) is 8.34. The second-order valence-corrected chi connectivity index (χ2v) is 7.28. The molecule has 1 aliphatic heterocycles. The molecular weight excluding hydrogens is 336 g/mol. The Morgan fingerprint density at radius 3 is 2.44 bits per heavy atom. The predicted octanol–water partition coefficient (Wildman–Crippen LogP) is 3.77. The average Bonchev–Trinajstić information content (AvgIpc) is 2.67. The van der Waals surface area contributed by atoms with Crippen LogP contribution < -0.4 is 4.90 Å². The van der Waals surface area contributed by atoms with E-state index in [0.29, 0.717) is 6.42 Å². The Labute approximate surface area is 162 Å².